The lowest BCUT2D eigenvalue weighted by atomic mass is 10.2. The van der Waals surface area contributed by atoms with Gasteiger partial charge in [-0.1, -0.05) is 0 Å². The minimum Gasteiger partial charge on any atom is -0.377 e. The predicted molar refractivity (Wildman–Crippen MR) is 70.8 cm³/mol. The van der Waals surface area contributed by atoms with Crippen LogP contribution in [0.15, 0.2) is 0 Å². The van der Waals surface area contributed by atoms with Crippen LogP contribution in [-0.2, 0) is 15.5 Å². The highest BCUT2D eigenvalue weighted by molar-refractivity contribution is 7.85. The third-order valence-electron chi connectivity index (χ3n) is 3.67. The van der Waals surface area contributed by atoms with E-state index in [2.05, 4.69) is 17.1 Å². The Kier molecular flexibility index (Phi) is 5.41. The van der Waals surface area contributed by atoms with E-state index in [-0.39, 0.29) is 0 Å². The molecule has 0 aromatic rings. The first-order valence-corrected chi connectivity index (χ1v) is 8.16. The second kappa shape index (κ2) is 6.83. The molecule has 2 aliphatic rings. The summed E-state index contributed by atoms with van der Waals surface area (Å²) >= 11 is 0. The summed E-state index contributed by atoms with van der Waals surface area (Å²) in [6.07, 6.45) is 2.83. The molecule has 2 rings (SSSR count). The first-order chi connectivity index (χ1) is 8.25. The minimum atomic E-state index is -0.567. The van der Waals surface area contributed by atoms with Crippen molar-refractivity contribution in [1.82, 2.24) is 10.2 Å². The Morgan fingerprint density at radius 3 is 2.88 bits per heavy atom. The van der Waals surface area contributed by atoms with Crippen LogP contribution in [0, 0.1) is 0 Å². The van der Waals surface area contributed by atoms with E-state index in [1.54, 1.807) is 0 Å². The van der Waals surface area contributed by atoms with Crippen LogP contribution in [0.4, 0.5) is 0 Å². The molecule has 0 spiro atoms. The maximum absolute atomic E-state index is 11.3. The molecule has 0 aromatic heterocycles. The average molecular weight is 260 g/mol. The summed E-state index contributed by atoms with van der Waals surface area (Å²) in [6, 6.07) is 0.536. The van der Waals surface area contributed by atoms with E-state index in [4.69, 9.17) is 4.74 Å². The molecule has 0 bridgehead atoms. The van der Waals surface area contributed by atoms with Crippen LogP contribution >= 0.6 is 0 Å². The van der Waals surface area contributed by atoms with Crippen molar-refractivity contribution < 1.29 is 8.95 Å². The zero-order chi connectivity index (χ0) is 12.1. The standard InChI is InChI=1S/C12H24N2O2S/c1-11(14-4-7-17(15)8-5-14)9-13-10-12-3-2-6-16-12/h11-13H,2-10H2,1H3. The molecule has 2 unspecified atom stereocenters. The van der Waals surface area contributed by atoms with Crippen molar-refractivity contribution >= 4 is 10.8 Å². The molecule has 2 aliphatic heterocycles. The van der Waals surface area contributed by atoms with Gasteiger partial charge >= 0.3 is 0 Å². The van der Waals surface area contributed by atoms with Crippen LogP contribution in [0.3, 0.4) is 0 Å². The molecular formula is C12H24N2O2S. The van der Waals surface area contributed by atoms with Crippen LogP contribution in [0.5, 0.6) is 0 Å². The Hall–Kier alpha value is 0.0300. The van der Waals surface area contributed by atoms with Gasteiger partial charge in [-0.25, -0.2) is 0 Å². The third kappa shape index (κ3) is 4.32. The molecule has 2 saturated heterocycles. The Morgan fingerprint density at radius 2 is 2.24 bits per heavy atom. The van der Waals surface area contributed by atoms with Gasteiger partial charge in [-0.05, 0) is 19.8 Å². The molecule has 0 saturated carbocycles. The Labute approximate surface area is 107 Å². The lowest BCUT2D eigenvalue weighted by molar-refractivity contribution is 0.107. The first-order valence-electron chi connectivity index (χ1n) is 6.67. The molecule has 100 valence electrons. The summed E-state index contributed by atoms with van der Waals surface area (Å²) in [7, 11) is -0.567. The maximum Gasteiger partial charge on any atom is 0.0700 e. The van der Waals surface area contributed by atoms with Crippen molar-refractivity contribution in [2.24, 2.45) is 0 Å². The molecule has 1 N–H and O–H groups in total. The van der Waals surface area contributed by atoms with E-state index in [1.165, 1.54) is 12.8 Å². The van der Waals surface area contributed by atoms with E-state index in [1.807, 2.05) is 0 Å². The average Bonchev–Trinajstić information content (AvgIpc) is 2.83. The minimum absolute atomic E-state index is 0.427. The number of hydrogen-bond acceptors (Lipinski definition) is 4. The highest BCUT2D eigenvalue weighted by Gasteiger charge is 2.20. The summed E-state index contributed by atoms with van der Waals surface area (Å²) in [5, 5.41) is 3.49. The fraction of sp³-hybridized carbons (Fsp3) is 1.00. The van der Waals surface area contributed by atoms with E-state index >= 15 is 0 Å². The highest BCUT2D eigenvalue weighted by atomic mass is 32.2. The molecule has 17 heavy (non-hydrogen) atoms. The monoisotopic (exact) mass is 260 g/mol. The summed E-state index contributed by atoms with van der Waals surface area (Å²) in [5.74, 6) is 1.69. The summed E-state index contributed by atoms with van der Waals surface area (Å²) < 4.78 is 16.8. The smallest absolute Gasteiger partial charge is 0.0700 e. The highest BCUT2D eigenvalue weighted by Crippen LogP contribution is 2.10. The number of ether oxygens (including phenoxy) is 1. The van der Waals surface area contributed by atoms with Gasteiger partial charge in [0, 0.05) is 61.1 Å². The number of rotatable bonds is 5. The first kappa shape index (κ1) is 13.5. The second-order valence-corrected chi connectivity index (χ2v) is 6.72. The van der Waals surface area contributed by atoms with E-state index < -0.39 is 10.8 Å². The van der Waals surface area contributed by atoms with Gasteiger partial charge in [0.1, 0.15) is 0 Å². The van der Waals surface area contributed by atoms with Crippen LogP contribution in [0.25, 0.3) is 0 Å². The quantitative estimate of drug-likeness (QED) is 0.767. The Balaban J connectivity index is 1.59. The second-order valence-electron chi connectivity index (χ2n) is 5.03. The Morgan fingerprint density at radius 1 is 1.47 bits per heavy atom. The fourth-order valence-corrected chi connectivity index (χ4v) is 3.56. The van der Waals surface area contributed by atoms with Gasteiger partial charge in [-0.2, -0.15) is 0 Å². The maximum atomic E-state index is 11.3. The van der Waals surface area contributed by atoms with Gasteiger partial charge in [0.05, 0.1) is 6.10 Å². The molecule has 0 radical (unpaired) electrons. The van der Waals surface area contributed by atoms with Crippen molar-refractivity contribution in [1.29, 1.82) is 0 Å². The molecule has 0 aromatic carbocycles. The van der Waals surface area contributed by atoms with Crippen molar-refractivity contribution in [2.75, 3.05) is 44.3 Å². The van der Waals surface area contributed by atoms with Crippen molar-refractivity contribution in [3.05, 3.63) is 0 Å². The molecule has 4 nitrogen and oxygen atoms in total. The van der Waals surface area contributed by atoms with Crippen molar-refractivity contribution in [2.45, 2.75) is 31.9 Å². The molecule has 2 atom stereocenters. The SMILES string of the molecule is CC(CNCC1CCCO1)N1CCS(=O)CC1. The van der Waals surface area contributed by atoms with Gasteiger partial charge in [0.2, 0.25) is 0 Å². The fourth-order valence-electron chi connectivity index (χ4n) is 2.48. The lowest BCUT2D eigenvalue weighted by Gasteiger charge is -2.32. The van der Waals surface area contributed by atoms with E-state index in [0.29, 0.717) is 12.1 Å². The number of nitrogens with one attached hydrogen (secondary N) is 1. The molecule has 2 heterocycles. The van der Waals surface area contributed by atoms with Crippen LogP contribution in [0.2, 0.25) is 0 Å². The topological polar surface area (TPSA) is 41.6 Å². The van der Waals surface area contributed by atoms with Gasteiger partial charge in [0.25, 0.3) is 0 Å². The van der Waals surface area contributed by atoms with Gasteiger partial charge in [-0.15, -0.1) is 0 Å². The number of nitrogens with zero attached hydrogens (tertiary/aromatic N) is 1. The predicted octanol–water partition coefficient (Wildman–Crippen LogP) is 0.208. The van der Waals surface area contributed by atoms with Gasteiger partial charge < -0.3 is 10.1 Å². The largest absolute Gasteiger partial charge is 0.377 e. The normalized spacial score (nSPS) is 29.6. The Bertz CT molecular complexity index is 247. The number of hydrogen-bond donors (Lipinski definition) is 1. The molecule has 0 amide bonds. The van der Waals surface area contributed by atoms with Gasteiger partial charge in [-0.3, -0.25) is 9.11 Å². The molecule has 0 aliphatic carbocycles. The van der Waals surface area contributed by atoms with Crippen LogP contribution < -0.4 is 5.32 Å². The van der Waals surface area contributed by atoms with Crippen LogP contribution in [-0.4, -0.2) is 65.5 Å². The summed E-state index contributed by atoms with van der Waals surface area (Å²) in [5.41, 5.74) is 0. The van der Waals surface area contributed by atoms with E-state index in [0.717, 1.165) is 44.3 Å². The molecular weight excluding hydrogens is 236 g/mol. The molecule has 2 fully saturated rings. The lowest BCUT2D eigenvalue weighted by Crippen LogP contribution is -2.47. The summed E-state index contributed by atoms with van der Waals surface area (Å²) in [4.78, 5) is 2.43. The van der Waals surface area contributed by atoms with Crippen molar-refractivity contribution in [3.63, 3.8) is 0 Å². The summed E-state index contributed by atoms with van der Waals surface area (Å²) in [6.45, 7) is 7.12. The zero-order valence-corrected chi connectivity index (χ0v) is 11.5. The van der Waals surface area contributed by atoms with Gasteiger partial charge in [0.15, 0.2) is 0 Å². The van der Waals surface area contributed by atoms with Crippen molar-refractivity contribution in [3.8, 4) is 0 Å². The zero-order valence-electron chi connectivity index (χ0n) is 10.7. The third-order valence-corrected chi connectivity index (χ3v) is 4.95. The van der Waals surface area contributed by atoms with Crippen LogP contribution in [0.1, 0.15) is 19.8 Å². The molecule has 5 heteroatoms. The van der Waals surface area contributed by atoms with E-state index in [9.17, 15) is 4.21 Å².